The van der Waals surface area contributed by atoms with Crippen LogP contribution in [0, 0.1) is 22.7 Å². The van der Waals surface area contributed by atoms with Crippen molar-refractivity contribution in [2.75, 3.05) is 0 Å². The Balaban J connectivity index is 2.04. The average molecular weight is 599 g/mol. The molecule has 2 amide bonds. The highest BCUT2D eigenvalue weighted by Crippen LogP contribution is 2.20. The molecule has 12 heteroatoms. The van der Waals surface area contributed by atoms with Gasteiger partial charge in [-0.1, -0.05) is 12.1 Å². The van der Waals surface area contributed by atoms with Crippen LogP contribution in [0.15, 0.2) is 105 Å². The van der Waals surface area contributed by atoms with Crippen molar-refractivity contribution in [2.45, 2.75) is 27.7 Å². The first kappa shape index (κ1) is 31.2. The number of rotatable bonds is 8. The molecule has 212 valence electrons. The molecule has 10 nitrogen and oxygen atoms in total. The lowest BCUT2D eigenvalue weighted by Crippen LogP contribution is -2.41. The van der Waals surface area contributed by atoms with Crippen LogP contribution in [-0.4, -0.2) is 33.4 Å². The van der Waals surface area contributed by atoms with E-state index in [1.54, 1.807) is 48.9 Å². The molecule has 0 fully saturated rings. The van der Waals surface area contributed by atoms with E-state index in [1.807, 2.05) is 12.1 Å². The molecular weight excluding hydrogens is 573 g/mol. The molecule has 0 atom stereocenters. The predicted octanol–water partition coefficient (Wildman–Crippen LogP) is 5.07. The van der Waals surface area contributed by atoms with Crippen molar-refractivity contribution in [2.24, 2.45) is 0 Å². The Morgan fingerprint density at radius 1 is 0.738 bits per heavy atom. The van der Waals surface area contributed by atoms with Crippen LogP contribution in [-0.2, 0) is 9.59 Å². The monoisotopic (exact) mass is 598 g/mol. The molecule has 1 aliphatic rings. The SMILES string of the molecule is CC1=C/C(C)=C(/C#N)C(=O)N(N/C=C\C(=O)c2cccs2)/C(C)=C/C(C)=C(/C#N)C(=O)N1N/C=C\C(=O)c1cccs1. The fraction of sp³-hybridized carbons (Fsp3) is 0.133. The molecule has 0 aromatic carbocycles. The number of hydrogen-bond donors (Lipinski definition) is 2. The molecule has 1 aliphatic heterocycles. The summed E-state index contributed by atoms with van der Waals surface area (Å²) in [5.41, 5.74) is 5.98. The van der Waals surface area contributed by atoms with Crippen LogP contribution >= 0.6 is 22.7 Å². The van der Waals surface area contributed by atoms with Gasteiger partial charge in [-0.25, -0.2) is 10.0 Å². The highest BCUT2D eigenvalue weighted by molar-refractivity contribution is 7.12. The Hall–Kier alpha value is -5.30. The van der Waals surface area contributed by atoms with Gasteiger partial charge in [0.1, 0.15) is 23.3 Å². The van der Waals surface area contributed by atoms with Gasteiger partial charge in [0.05, 0.1) is 9.75 Å². The van der Waals surface area contributed by atoms with E-state index in [2.05, 4.69) is 10.9 Å². The van der Waals surface area contributed by atoms with Crippen molar-refractivity contribution in [1.29, 1.82) is 10.5 Å². The number of hydrazine groups is 2. The number of carbonyl (C=O) groups is 4. The van der Waals surface area contributed by atoms with Crippen molar-refractivity contribution in [3.8, 4) is 12.1 Å². The van der Waals surface area contributed by atoms with Gasteiger partial charge in [0.2, 0.25) is 0 Å². The second-order valence-electron chi connectivity index (χ2n) is 8.80. The highest BCUT2D eigenvalue weighted by atomic mass is 32.1. The average Bonchev–Trinajstić information content (AvgIpc) is 3.68. The van der Waals surface area contributed by atoms with Crippen molar-refractivity contribution in [3.63, 3.8) is 0 Å². The van der Waals surface area contributed by atoms with Crippen LogP contribution in [0.25, 0.3) is 0 Å². The molecule has 0 bridgehead atoms. The molecule has 3 rings (SSSR count). The molecule has 2 N–H and O–H groups in total. The van der Waals surface area contributed by atoms with Gasteiger partial charge in [0.25, 0.3) is 11.8 Å². The summed E-state index contributed by atoms with van der Waals surface area (Å²) >= 11 is 2.54. The largest absolute Gasteiger partial charge is 0.299 e. The topological polar surface area (TPSA) is 146 Å². The van der Waals surface area contributed by atoms with E-state index in [9.17, 15) is 29.7 Å². The summed E-state index contributed by atoms with van der Waals surface area (Å²) < 4.78 is 0. The smallest absolute Gasteiger partial charge is 0.287 e. The molecule has 0 saturated carbocycles. The predicted molar refractivity (Wildman–Crippen MR) is 160 cm³/mol. The van der Waals surface area contributed by atoms with Gasteiger partial charge >= 0.3 is 0 Å². The summed E-state index contributed by atoms with van der Waals surface area (Å²) in [5, 5.41) is 25.5. The molecular formula is C30H26N6O4S2. The summed E-state index contributed by atoms with van der Waals surface area (Å²) in [6.07, 6.45) is 7.94. The third kappa shape index (κ3) is 7.46. The van der Waals surface area contributed by atoms with Crippen LogP contribution in [0.1, 0.15) is 47.0 Å². The minimum atomic E-state index is -0.722. The third-order valence-corrected chi connectivity index (χ3v) is 7.58. The molecule has 3 heterocycles. The number of nitrogens with zero attached hydrogens (tertiary/aromatic N) is 4. The molecule has 0 aliphatic carbocycles. The van der Waals surface area contributed by atoms with E-state index in [4.69, 9.17) is 0 Å². The van der Waals surface area contributed by atoms with Gasteiger partial charge in [-0.05, 0) is 73.9 Å². The van der Waals surface area contributed by atoms with E-state index >= 15 is 0 Å². The second kappa shape index (κ2) is 14.4. The maximum atomic E-state index is 13.6. The minimum absolute atomic E-state index is 0.230. The van der Waals surface area contributed by atoms with Gasteiger partial charge in [0, 0.05) is 35.9 Å². The van der Waals surface area contributed by atoms with Gasteiger partial charge in [-0.15, -0.1) is 22.7 Å². The molecule has 0 radical (unpaired) electrons. The van der Waals surface area contributed by atoms with Crippen molar-refractivity contribution < 1.29 is 19.2 Å². The molecule has 2 aromatic rings. The number of ketones is 2. The number of hydrogen-bond acceptors (Lipinski definition) is 10. The highest BCUT2D eigenvalue weighted by Gasteiger charge is 2.26. The first-order valence-corrected chi connectivity index (χ1v) is 14.1. The first-order chi connectivity index (χ1) is 20.1. The fourth-order valence-corrected chi connectivity index (χ4v) is 5.04. The Kier molecular flexibility index (Phi) is 10.7. The Labute approximate surface area is 251 Å². The van der Waals surface area contributed by atoms with Crippen LogP contribution in [0.4, 0.5) is 0 Å². The maximum Gasteiger partial charge on any atom is 0.287 e. The van der Waals surface area contributed by atoms with Crippen LogP contribution in [0.3, 0.4) is 0 Å². The molecule has 42 heavy (non-hydrogen) atoms. The maximum absolute atomic E-state index is 13.6. The van der Waals surface area contributed by atoms with Gasteiger partial charge in [-0.2, -0.15) is 10.5 Å². The summed E-state index contributed by atoms with van der Waals surface area (Å²) in [7, 11) is 0. The summed E-state index contributed by atoms with van der Waals surface area (Å²) in [5.74, 6) is -2.00. The molecule has 0 saturated heterocycles. The van der Waals surface area contributed by atoms with Crippen molar-refractivity contribution in [3.05, 3.63) is 115 Å². The first-order valence-electron chi connectivity index (χ1n) is 12.4. The second-order valence-corrected chi connectivity index (χ2v) is 10.7. The van der Waals surface area contributed by atoms with Crippen LogP contribution in [0.2, 0.25) is 0 Å². The van der Waals surface area contributed by atoms with E-state index in [0.717, 1.165) is 10.0 Å². The summed E-state index contributed by atoms with van der Waals surface area (Å²) in [6, 6.07) is 10.7. The lowest BCUT2D eigenvalue weighted by molar-refractivity contribution is -0.127. The zero-order valence-electron chi connectivity index (χ0n) is 23.2. The van der Waals surface area contributed by atoms with Crippen molar-refractivity contribution >= 4 is 46.1 Å². The van der Waals surface area contributed by atoms with Crippen molar-refractivity contribution in [1.82, 2.24) is 20.9 Å². The number of thiophene rings is 2. The zero-order valence-corrected chi connectivity index (χ0v) is 24.8. The van der Waals surface area contributed by atoms with Gasteiger partial charge < -0.3 is 0 Å². The number of allylic oxidation sites excluding steroid dienone is 8. The van der Waals surface area contributed by atoms with E-state index in [1.165, 1.54) is 73.2 Å². The van der Waals surface area contributed by atoms with Gasteiger partial charge in [0.15, 0.2) is 11.6 Å². The van der Waals surface area contributed by atoms with Crippen LogP contribution in [0.5, 0.6) is 0 Å². The number of nitrogens with one attached hydrogen (secondary N) is 2. The van der Waals surface area contributed by atoms with E-state index < -0.39 is 11.8 Å². The Morgan fingerprint density at radius 2 is 1.12 bits per heavy atom. The Bertz CT molecular complexity index is 1540. The standard InChI is InChI=1S/C30H26N6O4S2/c1-19-15-21(3)35(33-11-9-25(37)27-7-5-13-41-27)30(40)24(18-32)20(2)16-22(4)36(29(39)23(19)17-31)34-12-10-26(38)28-8-6-14-42-28/h5-16,33-34H,1-4H3/b11-9-,12-10-,21-15+,22-16?,23-19-,24-20-. The quantitative estimate of drug-likeness (QED) is 0.316. The molecule has 0 unspecified atom stereocenters. The third-order valence-electron chi connectivity index (χ3n) is 5.81. The van der Waals surface area contributed by atoms with Gasteiger partial charge in [-0.3, -0.25) is 30.0 Å². The number of amides is 2. The normalized spacial score (nSPS) is 19.9. The molecule has 2 aromatic heterocycles. The lowest BCUT2D eigenvalue weighted by atomic mass is 10.1. The van der Waals surface area contributed by atoms with E-state index in [0.29, 0.717) is 9.75 Å². The van der Waals surface area contributed by atoms with Crippen LogP contribution < -0.4 is 10.9 Å². The summed E-state index contributed by atoms with van der Waals surface area (Å²) in [4.78, 5) is 52.9. The minimum Gasteiger partial charge on any atom is -0.299 e. The number of nitriles is 2. The zero-order chi connectivity index (χ0) is 30.8. The molecule has 0 spiro atoms. The number of carbonyl (C=O) groups excluding carboxylic acids is 4. The summed E-state index contributed by atoms with van der Waals surface area (Å²) in [6.45, 7) is 6.16. The lowest BCUT2D eigenvalue weighted by Gasteiger charge is -2.26. The van der Waals surface area contributed by atoms with E-state index in [-0.39, 0.29) is 45.3 Å². The Morgan fingerprint density at radius 3 is 1.43 bits per heavy atom. The fourth-order valence-electron chi connectivity index (χ4n) is 3.75.